The molecule has 4 nitrogen and oxygen atoms in total. The van der Waals surface area contributed by atoms with Gasteiger partial charge in [-0.15, -0.1) is 0 Å². The molecule has 0 aliphatic carbocycles. The zero-order chi connectivity index (χ0) is 15.6. The highest BCUT2D eigenvalue weighted by atomic mass is 35.5. The van der Waals surface area contributed by atoms with E-state index in [0.717, 1.165) is 18.2 Å². The maximum atomic E-state index is 13.3. The highest BCUT2D eigenvalue weighted by molar-refractivity contribution is 6.33. The summed E-state index contributed by atoms with van der Waals surface area (Å²) in [6, 6.07) is 7.79. The van der Waals surface area contributed by atoms with Crippen LogP contribution in [0.4, 0.5) is 15.8 Å². The first-order valence-corrected chi connectivity index (χ1v) is 6.79. The Balaban J connectivity index is 2.35. The van der Waals surface area contributed by atoms with E-state index in [4.69, 9.17) is 23.2 Å². The summed E-state index contributed by atoms with van der Waals surface area (Å²) in [5, 5.41) is 14.8. The molecule has 0 saturated heterocycles. The van der Waals surface area contributed by atoms with Gasteiger partial charge >= 0.3 is 0 Å². The number of nitrogens with one attached hydrogen (secondary N) is 1. The second kappa shape index (κ2) is 6.28. The molecule has 2 aromatic carbocycles. The number of anilines is 1. The van der Waals surface area contributed by atoms with E-state index in [9.17, 15) is 14.5 Å². The van der Waals surface area contributed by atoms with Crippen molar-refractivity contribution in [2.75, 3.05) is 5.32 Å². The molecule has 0 bridgehead atoms. The van der Waals surface area contributed by atoms with Gasteiger partial charge < -0.3 is 5.32 Å². The maximum Gasteiger partial charge on any atom is 0.292 e. The van der Waals surface area contributed by atoms with E-state index in [1.807, 2.05) is 0 Å². The molecule has 0 radical (unpaired) electrons. The van der Waals surface area contributed by atoms with Gasteiger partial charge in [0.15, 0.2) is 0 Å². The summed E-state index contributed by atoms with van der Waals surface area (Å²) in [7, 11) is 0. The van der Waals surface area contributed by atoms with Gasteiger partial charge in [-0.05, 0) is 36.8 Å². The second-order valence-corrected chi connectivity index (χ2v) is 5.29. The molecule has 110 valence electrons. The van der Waals surface area contributed by atoms with Crippen molar-refractivity contribution in [1.82, 2.24) is 0 Å². The Bertz CT molecular complexity index is 695. The van der Waals surface area contributed by atoms with Crippen LogP contribution in [-0.2, 0) is 0 Å². The summed E-state index contributed by atoms with van der Waals surface area (Å²) >= 11 is 12.0. The minimum atomic E-state index is -0.575. The first-order valence-electron chi connectivity index (χ1n) is 6.04. The van der Waals surface area contributed by atoms with Gasteiger partial charge in [-0.25, -0.2) is 4.39 Å². The van der Waals surface area contributed by atoms with E-state index >= 15 is 0 Å². The van der Waals surface area contributed by atoms with Crippen LogP contribution in [0.1, 0.15) is 18.5 Å². The maximum absolute atomic E-state index is 13.3. The fourth-order valence-corrected chi connectivity index (χ4v) is 2.40. The third-order valence-corrected chi connectivity index (χ3v) is 3.53. The molecule has 1 atom stereocenters. The van der Waals surface area contributed by atoms with Crippen LogP contribution in [0.5, 0.6) is 0 Å². The summed E-state index contributed by atoms with van der Waals surface area (Å²) in [5.74, 6) is -0.563. The van der Waals surface area contributed by atoms with Crippen molar-refractivity contribution in [2.45, 2.75) is 13.0 Å². The van der Waals surface area contributed by atoms with Crippen molar-refractivity contribution in [2.24, 2.45) is 0 Å². The number of hydrogen-bond donors (Lipinski definition) is 1. The second-order valence-electron chi connectivity index (χ2n) is 4.45. The van der Waals surface area contributed by atoms with Crippen molar-refractivity contribution in [1.29, 1.82) is 0 Å². The van der Waals surface area contributed by atoms with Crippen molar-refractivity contribution < 1.29 is 9.31 Å². The van der Waals surface area contributed by atoms with Gasteiger partial charge in [0.25, 0.3) is 5.69 Å². The van der Waals surface area contributed by atoms with Gasteiger partial charge in [-0.3, -0.25) is 10.1 Å². The molecule has 21 heavy (non-hydrogen) atoms. The van der Waals surface area contributed by atoms with Crippen LogP contribution in [0.2, 0.25) is 10.0 Å². The van der Waals surface area contributed by atoms with Gasteiger partial charge in [-0.1, -0.05) is 23.2 Å². The van der Waals surface area contributed by atoms with E-state index in [2.05, 4.69) is 5.32 Å². The van der Waals surface area contributed by atoms with Gasteiger partial charge in [-0.2, -0.15) is 0 Å². The molecule has 0 amide bonds. The van der Waals surface area contributed by atoms with Crippen molar-refractivity contribution in [3.05, 3.63) is 67.9 Å². The Labute approximate surface area is 130 Å². The number of rotatable bonds is 4. The smallest absolute Gasteiger partial charge is 0.292 e. The van der Waals surface area contributed by atoms with Gasteiger partial charge in [0.1, 0.15) is 11.5 Å². The Hall–Kier alpha value is -1.85. The Kier molecular flexibility index (Phi) is 4.65. The van der Waals surface area contributed by atoms with Crippen molar-refractivity contribution >= 4 is 34.6 Å². The molecule has 2 rings (SSSR count). The summed E-state index contributed by atoms with van der Waals surface area (Å²) in [5.41, 5.74) is 0.549. The fourth-order valence-electron chi connectivity index (χ4n) is 1.94. The van der Waals surface area contributed by atoms with E-state index < -0.39 is 10.7 Å². The molecule has 0 aliphatic heterocycles. The number of benzene rings is 2. The Morgan fingerprint density at radius 3 is 2.62 bits per heavy atom. The Morgan fingerprint density at radius 1 is 1.24 bits per heavy atom. The predicted octanol–water partition coefficient (Wildman–Crippen LogP) is 5.21. The molecule has 1 unspecified atom stereocenters. The molecular weight excluding hydrogens is 318 g/mol. The first kappa shape index (κ1) is 15.5. The molecule has 0 heterocycles. The average Bonchev–Trinajstić information content (AvgIpc) is 2.41. The summed E-state index contributed by atoms with van der Waals surface area (Å²) in [6.07, 6.45) is 0. The molecular formula is C14H11Cl2FN2O2. The van der Waals surface area contributed by atoms with Crippen LogP contribution in [-0.4, -0.2) is 4.92 Å². The standard InChI is InChI=1S/C14H11Cl2FN2O2/c1-8(11-6-9(15)2-4-12(11)16)18-13-7-10(17)3-5-14(13)19(20)21/h2-8,18H,1H3. The lowest BCUT2D eigenvalue weighted by Gasteiger charge is -2.17. The van der Waals surface area contributed by atoms with Gasteiger partial charge in [0, 0.05) is 22.2 Å². The zero-order valence-corrected chi connectivity index (χ0v) is 12.5. The predicted molar refractivity (Wildman–Crippen MR) is 81.6 cm³/mol. The molecule has 1 N–H and O–H groups in total. The fraction of sp³-hybridized carbons (Fsp3) is 0.143. The number of nitro groups is 1. The van der Waals surface area contributed by atoms with Crippen molar-refractivity contribution in [3.63, 3.8) is 0 Å². The largest absolute Gasteiger partial charge is 0.373 e. The van der Waals surface area contributed by atoms with Crippen LogP contribution in [0, 0.1) is 15.9 Å². The highest BCUT2D eigenvalue weighted by Gasteiger charge is 2.18. The molecule has 0 spiro atoms. The zero-order valence-electron chi connectivity index (χ0n) is 10.9. The molecule has 0 fully saturated rings. The minimum absolute atomic E-state index is 0.0866. The van der Waals surface area contributed by atoms with E-state index in [1.165, 1.54) is 0 Å². The SMILES string of the molecule is CC(Nc1cc(F)ccc1[N+](=O)[O-])c1cc(Cl)ccc1Cl. The number of halogens is 3. The van der Waals surface area contributed by atoms with Crippen LogP contribution < -0.4 is 5.32 Å². The Morgan fingerprint density at radius 2 is 1.95 bits per heavy atom. The third-order valence-electron chi connectivity index (χ3n) is 2.95. The van der Waals surface area contributed by atoms with E-state index in [0.29, 0.717) is 15.6 Å². The number of nitro benzene ring substituents is 1. The molecule has 2 aromatic rings. The van der Waals surface area contributed by atoms with Crippen LogP contribution in [0.25, 0.3) is 0 Å². The first-order chi connectivity index (χ1) is 9.88. The molecule has 7 heteroatoms. The van der Waals surface area contributed by atoms with Gasteiger partial charge in [0.2, 0.25) is 0 Å². The average molecular weight is 329 g/mol. The van der Waals surface area contributed by atoms with Crippen molar-refractivity contribution in [3.8, 4) is 0 Å². The van der Waals surface area contributed by atoms with E-state index in [1.54, 1.807) is 25.1 Å². The van der Waals surface area contributed by atoms with Crippen LogP contribution >= 0.6 is 23.2 Å². The van der Waals surface area contributed by atoms with Gasteiger partial charge in [0.05, 0.1) is 11.0 Å². The summed E-state index contributed by atoms with van der Waals surface area (Å²) < 4.78 is 13.3. The van der Waals surface area contributed by atoms with E-state index in [-0.39, 0.29) is 17.4 Å². The number of hydrogen-bond acceptors (Lipinski definition) is 3. The molecule has 0 aliphatic rings. The lowest BCUT2D eigenvalue weighted by Crippen LogP contribution is -2.09. The highest BCUT2D eigenvalue weighted by Crippen LogP contribution is 2.32. The monoisotopic (exact) mass is 328 g/mol. The third kappa shape index (κ3) is 3.62. The summed E-state index contributed by atoms with van der Waals surface area (Å²) in [4.78, 5) is 10.4. The summed E-state index contributed by atoms with van der Waals surface area (Å²) in [6.45, 7) is 1.76. The normalized spacial score (nSPS) is 12.0. The molecule has 0 aromatic heterocycles. The number of nitrogens with zero attached hydrogens (tertiary/aromatic N) is 1. The van der Waals surface area contributed by atoms with Crippen LogP contribution in [0.15, 0.2) is 36.4 Å². The quantitative estimate of drug-likeness (QED) is 0.618. The lowest BCUT2D eigenvalue weighted by atomic mass is 10.1. The van der Waals surface area contributed by atoms with Crippen LogP contribution in [0.3, 0.4) is 0 Å². The topological polar surface area (TPSA) is 55.2 Å². The molecule has 0 saturated carbocycles. The lowest BCUT2D eigenvalue weighted by molar-refractivity contribution is -0.384. The minimum Gasteiger partial charge on any atom is -0.373 e.